The number of anilines is 1. The Morgan fingerprint density at radius 3 is 2.61 bits per heavy atom. The summed E-state index contributed by atoms with van der Waals surface area (Å²) in [6, 6.07) is 11.1. The molecular formula is C16H10Cl2N4O3S3. The molecule has 144 valence electrons. The Balaban J connectivity index is 1.67. The molecule has 3 aromatic rings. The standard InChI is InChI=1S/C16H10Cl2N4O3S3/c17-9-1-4-11(5-2-9)21-16(26)28-15(20-21)27-8-14(23)19-12-6-3-10(18)7-13(12)22(24)25/h1-7H,8H2,(H,19,23). The fourth-order valence-electron chi connectivity index (χ4n) is 2.14. The van der Waals surface area contributed by atoms with Gasteiger partial charge in [-0.3, -0.25) is 14.9 Å². The zero-order valence-corrected chi connectivity index (χ0v) is 17.8. The third-order valence-electron chi connectivity index (χ3n) is 3.36. The molecule has 0 saturated carbocycles. The Hall–Kier alpha value is -1.98. The molecule has 0 bridgehead atoms. The largest absolute Gasteiger partial charge is 0.320 e. The van der Waals surface area contributed by atoms with Gasteiger partial charge < -0.3 is 5.32 Å². The highest BCUT2D eigenvalue weighted by molar-refractivity contribution is 8.01. The van der Waals surface area contributed by atoms with Gasteiger partial charge in [0.1, 0.15) is 5.69 Å². The van der Waals surface area contributed by atoms with Gasteiger partial charge in [0.05, 0.1) is 16.4 Å². The number of nitrogens with one attached hydrogen (secondary N) is 1. The molecule has 1 aromatic heterocycles. The lowest BCUT2D eigenvalue weighted by molar-refractivity contribution is -0.383. The molecule has 0 spiro atoms. The molecule has 0 unspecified atom stereocenters. The van der Waals surface area contributed by atoms with E-state index >= 15 is 0 Å². The number of aromatic nitrogens is 2. The van der Waals surface area contributed by atoms with Crippen LogP contribution in [0.2, 0.25) is 10.0 Å². The molecule has 0 aliphatic carbocycles. The van der Waals surface area contributed by atoms with Crippen LogP contribution in [-0.2, 0) is 4.79 Å². The van der Waals surface area contributed by atoms with Crippen molar-refractivity contribution in [2.75, 3.05) is 11.1 Å². The number of halogens is 2. The number of thioether (sulfide) groups is 1. The molecule has 0 saturated heterocycles. The van der Waals surface area contributed by atoms with Crippen LogP contribution in [0.3, 0.4) is 0 Å². The van der Waals surface area contributed by atoms with Crippen molar-refractivity contribution >= 4 is 75.8 Å². The first-order valence-electron chi connectivity index (χ1n) is 7.56. The van der Waals surface area contributed by atoms with Crippen LogP contribution in [-0.4, -0.2) is 26.4 Å². The fourth-order valence-corrected chi connectivity index (χ4v) is 4.59. The maximum Gasteiger partial charge on any atom is 0.294 e. The molecule has 1 heterocycles. The first kappa shape index (κ1) is 20.7. The van der Waals surface area contributed by atoms with Crippen molar-refractivity contribution in [3.05, 3.63) is 66.6 Å². The minimum Gasteiger partial charge on any atom is -0.320 e. The number of nitro groups is 1. The predicted molar refractivity (Wildman–Crippen MR) is 115 cm³/mol. The summed E-state index contributed by atoms with van der Waals surface area (Å²) in [6.07, 6.45) is 0. The molecule has 7 nitrogen and oxygen atoms in total. The van der Waals surface area contributed by atoms with Crippen molar-refractivity contribution in [1.82, 2.24) is 9.78 Å². The lowest BCUT2D eigenvalue weighted by Crippen LogP contribution is -2.15. The zero-order valence-electron chi connectivity index (χ0n) is 13.8. The SMILES string of the molecule is O=C(CSc1nn(-c2ccc(Cl)cc2)c(=S)s1)Nc1ccc(Cl)cc1[N+](=O)[O-]. The van der Waals surface area contributed by atoms with Crippen LogP contribution in [0.5, 0.6) is 0 Å². The van der Waals surface area contributed by atoms with Crippen LogP contribution >= 0.6 is 58.5 Å². The number of hydrogen-bond acceptors (Lipinski definition) is 7. The van der Waals surface area contributed by atoms with Gasteiger partial charge in [-0.1, -0.05) is 46.3 Å². The maximum atomic E-state index is 12.2. The van der Waals surface area contributed by atoms with Crippen molar-refractivity contribution in [3.63, 3.8) is 0 Å². The van der Waals surface area contributed by atoms with E-state index in [4.69, 9.17) is 35.4 Å². The molecular weight excluding hydrogens is 463 g/mol. The van der Waals surface area contributed by atoms with Gasteiger partial charge in [0.2, 0.25) is 5.91 Å². The molecule has 28 heavy (non-hydrogen) atoms. The van der Waals surface area contributed by atoms with Crippen LogP contribution in [0.25, 0.3) is 5.69 Å². The van der Waals surface area contributed by atoms with Crippen molar-refractivity contribution in [3.8, 4) is 5.69 Å². The lowest BCUT2D eigenvalue weighted by atomic mass is 10.2. The van der Waals surface area contributed by atoms with E-state index in [1.165, 1.54) is 41.3 Å². The van der Waals surface area contributed by atoms with Gasteiger partial charge >= 0.3 is 0 Å². The molecule has 0 fully saturated rings. The quantitative estimate of drug-likeness (QED) is 0.217. The van der Waals surface area contributed by atoms with E-state index in [-0.39, 0.29) is 22.2 Å². The topological polar surface area (TPSA) is 90.1 Å². The van der Waals surface area contributed by atoms with Crippen molar-refractivity contribution in [1.29, 1.82) is 0 Å². The second-order valence-corrected chi connectivity index (χ2v) is 9.00. The second kappa shape index (κ2) is 9.01. The number of rotatable bonds is 6. The van der Waals surface area contributed by atoms with Gasteiger partial charge in [0.25, 0.3) is 5.69 Å². The van der Waals surface area contributed by atoms with Crippen LogP contribution in [0.1, 0.15) is 0 Å². The number of hydrogen-bond donors (Lipinski definition) is 1. The van der Waals surface area contributed by atoms with Gasteiger partial charge in [-0.15, -0.1) is 5.10 Å². The van der Waals surface area contributed by atoms with Crippen LogP contribution in [0.15, 0.2) is 46.8 Å². The second-order valence-electron chi connectivity index (χ2n) is 5.28. The van der Waals surface area contributed by atoms with Gasteiger partial charge in [0.15, 0.2) is 8.29 Å². The summed E-state index contributed by atoms with van der Waals surface area (Å²) < 4.78 is 2.71. The van der Waals surface area contributed by atoms with Crippen LogP contribution in [0.4, 0.5) is 11.4 Å². The van der Waals surface area contributed by atoms with E-state index < -0.39 is 10.8 Å². The van der Waals surface area contributed by atoms with Crippen molar-refractivity contribution < 1.29 is 9.72 Å². The third kappa shape index (κ3) is 5.09. The number of nitrogens with zero attached hydrogens (tertiary/aromatic N) is 3. The monoisotopic (exact) mass is 472 g/mol. The Kier molecular flexibility index (Phi) is 6.68. The molecule has 1 amide bonds. The minimum atomic E-state index is -0.603. The Morgan fingerprint density at radius 2 is 1.93 bits per heavy atom. The summed E-state index contributed by atoms with van der Waals surface area (Å²) in [6.45, 7) is 0. The Morgan fingerprint density at radius 1 is 1.25 bits per heavy atom. The molecule has 2 aromatic carbocycles. The average molecular weight is 473 g/mol. The summed E-state index contributed by atoms with van der Waals surface area (Å²) in [5, 5.41) is 18.8. The lowest BCUT2D eigenvalue weighted by Gasteiger charge is -2.05. The van der Waals surface area contributed by atoms with E-state index in [0.717, 1.165) is 5.69 Å². The zero-order chi connectivity index (χ0) is 20.3. The summed E-state index contributed by atoms with van der Waals surface area (Å²) in [5.74, 6) is -0.391. The summed E-state index contributed by atoms with van der Waals surface area (Å²) in [5.41, 5.74) is 0.576. The highest BCUT2D eigenvalue weighted by atomic mass is 35.5. The number of carbonyl (C=O) groups is 1. The summed E-state index contributed by atoms with van der Waals surface area (Å²) in [4.78, 5) is 22.7. The smallest absolute Gasteiger partial charge is 0.294 e. The number of amides is 1. The van der Waals surface area contributed by atoms with Gasteiger partial charge in [0, 0.05) is 16.1 Å². The molecule has 3 rings (SSSR count). The van der Waals surface area contributed by atoms with Gasteiger partial charge in [-0.05, 0) is 48.6 Å². The minimum absolute atomic E-state index is 0.0166. The molecule has 12 heteroatoms. The number of carbonyl (C=O) groups excluding carboxylic acids is 1. The van der Waals surface area contributed by atoms with E-state index in [0.29, 0.717) is 13.3 Å². The first-order chi connectivity index (χ1) is 13.3. The van der Waals surface area contributed by atoms with Crippen LogP contribution in [0, 0.1) is 14.1 Å². The van der Waals surface area contributed by atoms with Crippen molar-refractivity contribution in [2.45, 2.75) is 4.34 Å². The Bertz CT molecular complexity index is 1100. The highest BCUT2D eigenvalue weighted by Gasteiger charge is 2.17. The predicted octanol–water partition coefficient (Wildman–Crippen LogP) is 5.61. The average Bonchev–Trinajstić information content (AvgIpc) is 3.03. The molecule has 0 atom stereocenters. The molecule has 0 radical (unpaired) electrons. The molecule has 1 N–H and O–H groups in total. The third-order valence-corrected chi connectivity index (χ3v) is 6.21. The highest BCUT2D eigenvalue weighted by Crippen LogP contribution is 2.29. The number of benzene rings is 2. The molecule has 0 aliphatic heterocycles. The Labute approximate surface area is 182 Å². The van der Waals surface area contributed by atoms with E-state index in [1.807, 2.05) is 0 Å². The van der Waals surface area contributed by atoms with Gasteiger partial charge in [-0.25, -0.2) is 4.68 Å². The number of nitro benzene ring substituents is 1. The normalized spacial score (nSPS) is 10.6. The maximum absolute atomic E-state index is 12.2. The summed E-state index contributed by atoms with van der Waals surface area (Å²) in [7, 11) is 0. The van der Waals surface area contributed by atoms with Gasteiger partial charge in [-0.2, -0.15) is 0 Å². The van der Waals surface area contributed by atoms with E-state index in [2.05, 4.69) is 10.4 Å². The molecule has 0 aliphatic rings. The van der Waals surface area contributed by atoms with E-state index in [9.17, 15) is 14.9 Å². The van der Waals surface area contributed by atoms with Crippen LogP contribution < -0.4 is 5.32 Å². The van der Waals surface area contributed by atoms with Crippen molar-refractivity contribution in [2.24, 2.45) is 0 Å². The fraction of sp³-hybridized carbons (Fsp3) is 0.0625. The first-order valence-corrected chi connectivity index (χ1v) is 10.5. The summed E-state index contributed by atoms with van der Waals surface area (Å²) >= 11 is 19.4. The van der Waals surface area contributed by atoms with E-state index in [1.54, 1.807) is 28.9 Å².